The van der Waals surface area contributed by atoms with Crippen LogP contribution in [0.25, 0.3) is 0 Å². The quantitative estimate of drug-likeness (QED) is 0.882. The van der Waals surface area contributed by atoms with E-state index >= 15 is 0 Å². The molecule has 0 saturated carbocycles. The van der Waals surface area contributed by atoms with Crippen LogP contribution in [0.5, 0.6) is 0 Å². The van der Waals surface area contributed by atoms with E-state index in [0.717, 1.165) is 16.4 Å². The van der Waals surface area contributed by atoms with Crippen LogP contribution in [-0.2, 0) is 21.3 Å². The number of morpholine rings is 1. The molecule has 2 rings (SSSR count). The van der Waals surface area contributed by atoms with E-state index in [4.69, 9.17) is 4.74 Å². The molecule has 8 heteroatoms. The highest BCUT2D eigenvalue weighted by molar-refractivity contribution is 7.89. The van der Waals surface area contributed by atoms with E-state index < -0.39 is 26.6 Å². The van der Waals surface area contributed by atoms with Crippen molar-refractivity contribution in [1.82, 2.24) is 9.62 Å². The molecule has 1 fully saturated rings. The molecule has 1 N–H and O–H groups in total. The van der Waals surface area contributed by atoms with Gasteiger partial charge >= 0.3 is 0 Å². The summed E-state index contributed by atoms with van der Waals surface area (Å²) in [5.41, 5.74) is -0.258. The molecular formula is C13H18F2N2O3S. The van der Waals surface area contributed by atoms with Crippen LogP contribution in [-0.4, -0.2) is 45.6 Å². The smallest absolute Gasteiger partial charge is 0.246 e. The van der Waals surface area contributed by atoms with Gasteiger partial charge in [-0.05, 0) is 18.7 Å². The fourth-order valence-corrected chi connectivity index (χ4v) is 3.61. The Balaban J connectivity index is 2.38. The molecule has 1 aliphatic heterocycles. The predicted octanol–water partition coefficient (Wildman–Crippen LogP) is 1.10. The number of nitrogens with one attached hydrogen (secondary N) is 1. The Bertz CT molecular complexity index is 602. The molecule has 0 radical (unpaired) electrons. The van der Waals surface area contributed by atoms with E-state index in [1.54, 1.807) is 6.92 Å². The van der Waals surface area contributed by atoms with Gasteiger partial charge in [0.1, 0.15) is 10.7 Å². The van der Waals surface area contributed by atoms with Crippen LogP contribution in [0.15, 0.2) is 17.0 Å². The van der Waals surface area contributed by atoms with Gasteiger partial charge in [0, 0.05) is 25.2 Å². The van der Waals surface area contributed by atoms with Gasteiger partial charge in [0.15, 0.2) is 5.82 Å². The first-order valence-electron chi connectivity index (χ1n) is 6.74. The largest absolute Gasteiger partial charge is 0.379 e. The maximum Gasteiger partial charge on any atom is 0.246 e. The molecule has 1 saturated heterocycles. The number of nitrogens with zero attached hydrogens (tertiary/aromatic N) is 1. The zero-order valence-corrected chi connectivity index (χ0v) is 12.5. The lowest BCUT2D eigenvalue weighted by Crippen LogP contribution is -2.41. The molecule has 0 aliphatic carbocycles. The number of hydrogen-bond acceptors (Lipinski definition) is 4. The minimum Gasteiger partial charge on any atom is -0.379 e. The van der Waals surface area contributed by atoms with E-state index in [9.17, 15) is 17.2 Å². The summed E-state index contributed by atoms with van der Waals surface area (Å²) < 4.78 is 59.2. The van der Waals surface area contributed by atoms with Crippen LogP contribution >= 0.6 is 0 Å². The standard InChI is InChI=1S/C13H18F2N2O3S/c1-2-16-9-10-11(14)3-4-12(13(10)15)21(18,19)17-5-7-20-8-6-17/h3-4,16H,2,5-9H2,1H3. The lowest BCUT2D eigenvalue weighted by Gasteiger charge is -2.26. The fraction of sp³-hybridized carbons (Fsp3) is 0.538. The molecule has 1 aromatic rings. The number of sulfonamides is 1. The van der Waals surface area contributed by atoms with Gasteiger partial charge < -0.3 is 10.1 Å². The Labute approximate surface area is 122 Å². The van der Waals surface area contributed by atoms with Crippen molar-refractivity contribution >= 4 is 10.0 Å². The maximum atomic E-state index is 14.4. The Morgan fingerprint density at radius 3 is 2.57 bits per heavy atom. The molecule has 0 amide bonds. The lowest BCUT2D eigenvalue weighted by molar-refractivity contribution is 0.0729. The van der Waals surface area contributed by atoms with Crippen molar-refractivity contribution in [2.45, 2.75) is 18.4 Å². The van der Waals surface area contributed by atoms with E-state index in [2.05, 4.69) is 5.32 Å². The molecule has 5 nitrogen and oxygen atoms in total. The zero-order chi connectivity index (χ0) is 15.5. The number of benzene rings is 1. The summed E-state index contributed by atoms with van der Waals surface area (Å²) in [6.07, 6.45) is 0. The average Bonchev–Trinajstić information content (AvgIpc) is 2.48. The summed E-state index contributed by atoms with van der Waals surface area (Å²) in [5.74, 6) is -1.78. The van der Waals surface area contributed by atoms with Crippen LogP contribution in [0.2, 0.25) is 0 Å². The Hall–Kier alpha value is -1.09. The van der Waals surface area contributed by atoms with Crippen LogP contribution in [0.3, 0.4) is 0 Å². The first kappa shape index (κ1) is 16.3. The molecule has 1 aromatic carbocycles. The Morgan fingerprint density at radius 2 is 1.95 bits per heavy atom. The van der Waals surface area contributed by atoms with E-state index in [0.29, 0.717) is 6.54 Å². The summed E-state index contributed by atoms with van der Waals surface area (Å²) >= 11 is 0. The predicted molar refractivity (Wildman–Crippen MR) is 73.3 cm³/mol. The van der Waals surface area contributed by atoms with Crippen molar-refractivity contribution in [3.8, 4) is 0 Å². The first-order valence-corrected chi connectivity index (χ1v) is 8.18. The van der Waals surface area contributed by atoms with E-state index in [1.165, 1.54) is 0 Å². The summed E-state index contributed by atoms with van der Waals surface area (Å²) in [4.78, 5) is -0.487. The summed E-state index contributed by atoms with van der Waals surface area (Å²) in [6.45, 7) is 3.14. The van der Waals surface area contributed by atoms with Crippen molar-refractivity contribution in [3.05, 3.63) is 29.3 Å². The van der Waals surface area contributed by atoms with Crippen molar-refractivity contribution < 1.29 is 21.9 Å². The highest BCUT2D eigenvalue weighted by Gasteiger charge is 2.30. The molecular weight excluding hydrogens is 302 g/mol. The molecule has 0 unspecified atom stereocenters. The molecule has 0 atom stereocenters. The monoisotopic (exact) mass is 320 g/mol. The number of ether oxygens (including phenoxy) is 1. The second-order valence-electron chi connectivity index (χ2n) is 4.63. The average molecular weight is 320 g/mol. The maximum absolute atomic E-state index is 14.4. The van der Waals surface area contributed by atoms with Gasteiger partial charge in [0.25, 0.3) is 0 Å². The normalized spacial score (nSPS) is 17.1. The fourth-order valence-electron chi connectivity index (χ4n) is 2.11. The second-order valence-corrected chi connectivity index (χ2v) is 6.54. The minimum atomic E-state index is -3.97. The van der Waals surface area contributed by atoms with Crippen molar-refractivity contribution in [2.75, 3.05) is 32.8 Å². The number of halogens is 2. The minimum absolute atomic E-state index is 0.0549. The van der Waals surface area contributed by atoms with E-state index in [1.807, 2.05) is 0 Å². The third kappa shape index (κ3) is 3.39. The Kier molecular flexibility index (Phi) is 5.26. The van der Waals surface area contributed by atoms with Crippen LogP contribution in [0.4, 0.5) is 8.78 Å². The van der Waals surface area contributed by atoms with Gasteiger partial charge in [-0.3, -0.25) is 0 Å². The van der Waals surface area contributed by atoms with Gasteiger partial charge in [-0.1, -0.05) is 6.92 Å². The van der Waals surface area contributed by atoms with Crippen LogP contribution in [0.1, 0.15) is 12.5 Å². The molecule has 0 aromatic heterocycles. The van der Waals surface area contributed by atoms with Gasteiger partial charge in [-0.2, -0.15) is 4.31 Å². The van der Waals surface area contributed by atoms with Gasteiger partial charge in [0.05, 0.1) is 13.2 Å². The third-order valence-corrected chi connectivity index (χ3v) is 5.21. The van der Waals surface area contributed by atoms with Gasteiger partial charge in [-0.15, -0.1) is 0 Å². The number of hydrogen-bond donors (Lipinski definition) is 1. The van der Waals surface area contributed by atoms with Crippen molar-refractivity contribution in [3.63, 3.8) is 0 Å². The van der Waals surface area contributed by atoms with Gasteiger partial charge in [0.2, 0.25) is 10.0 Å². The van der Waals surface area contributed by atoms with Crippen LogP contribution in [0, 0.1) is 11.6 Å². The second kappa shape index (κ2) is 6.78. The third-order valence-electron chi connectivity index (χ3n) is 3.29. The van der Waals surface area contributed by atoms with Crippen molar-refractivity contribution in [2.24, 2.45) is 0 Å². The molecule has 0 spiro atoms. The lowest BCUT2D eigenvalue weighted by atomic mass is 10.2. The highest BCUT2D eigenvalue weighted by atomic mass is 32.2. The highest BCUT2D eigenvalue weighted by Crippen LogP contribution is 2.24. The summed E-state index contributed by atoms with van der Waals surface area (Å²) in [5, 5.41) is 2.80. The first-order chi connectivity index (χ1) is 9.98. The molecule has 1 aliphatic rings. The number of rotatable bonds is 5. The molecule has 21 heavy (non-hydrogen) atoms. The molecule has 1 heterocycles. The van der Waals surface area contributed by atoms with E-state index in [-0.39, 0.29) is 38.4 Å². The summed E-state index contributed by atoms with van der Waals surface area (Å²) in [6, 6.07) is 1.97. The summed E-state index contributed by atoms with van der Waals surface area (Å²) in [7, 11) is -3.97. The van der Waals surface area contributed by atoms with Gasteiger partial charge in [-0.25, -0.2) is 17.2 Å². The SMILES string of the molecule is CCNCc1c(F)ccc(S(=O)(=O)N2CCOCC2)c1F. The zero-order valence-electron chi connectivity index (χ0n) is 11.7. The Morgan fingerprint density at radius 1 is 1.29 bits per heavy atom. The van der Waals surface area contributed by atoms with Crippen LogP contribution < -0.4 is 5.32 Å². The molecule has 118 valence electrons. The van der Waals surface area contributed by atoms with Crippen molar-refractivity contribution in [1.29, 1.82) is 0 Å². The topological polar surface area (TPSA) is 58.6 Å². The molecule has 0 bridgehead atoms.